The molecule has 1 aliphatic heterocycles. The molecule has 1 atom stereocenters. The average molecular weight is 356 g/mol. The Balaban J connectivity index is 2.10. The highest BCUT2D eigenvalue weighted by atomic mass is 79.9. The highest BCUT2D eigenvalue weighted by Crippen LogP contribution is 2.38. The number of hydrogen-bond donors (Lipinski definition) is 1. The van der Waals surface area contributed by atoms with Crippen LogP contribution in [-0.2, 0) is 0 Å². The highest BCUT2D eigenvalue weighted by molar-refractivity contribution is 9.10. The molecule has 0 amide bonds. The second-order valence-corrected chi connectivity index (χ2v) is 6.37. The second-order valence-electron chi connectivity index (χ2n) is 5.58. The summed E-state index contributed by atoms with van der Waals surface area (Å²) in [5, 5.41) is 7.93. The Hall–Kier alpha value is -1.43. The molecule has 1 N–H and O–H groups in total. The van der Waals surface area contributed by atoms with E-state index in [1.54, 1.807) is 0 Å². The van der Waals surface area contributed by atoms with E-state index in [-0.39, 0.29) is 12.0 Å². The lowest BCUT2D eigenvalue weighted by molar-refractivity contribution is 0.469. The summed E-state index contributed by atoms with van der Waals surface area (Å²) in [7, 11) is 0. The van der Waals surface area contributed by atoms with E-state index in [4.69, 9.17) is 0 Å². The van der Waals surface area contributed by atoms with Crippen molar-refractivity contribution in [3.05, 3.63) is 45.6 Å². The second kappa shape index (κ2) is 5.40. The Morgan fingerprint density at radius 1 is 1.29 bits per heavy atom. The molecule has 3 rings (SSSR count). The molecule has 1 aliphatic rings. The molecule has 0 bridgehead atoms. The predicted octanol–water partition coefficient (Wildman–Crippen LogP) is 4.45. The van der Waals surface area contributed by atoms with Crippen LogP contribution in [0, 0.1) is 11.6 Å². The minimum atomic E-state index is -0.555. The topological polar surface area (TPSA) is 29.9 Å². The van der Waals surface area contributed by atoms with Crippen LogP contribution in [0.4, 0.5) is 14.6 Å². The van der Waals surface area contributed by atoms with Crippen molar-refractivity contribution in [3.63, 3.8) is 0 Å². The molecular formula is C15H16BrF2N3. The Morgan fingerprint density at radius 3 is 2.57 bits per heavy atom. The van der Waals surface area contributed by atoms with Crippen LogP contribution in [-0.4, -0.2) is 16.3 Å². The summed E-state index contributed by atoms with van der Waals surface area (Å²) in [4.78, 5) is 0. The fourth-order valence-electron chi connectivity index (χ4n) is 2.71. The fourth-order valence-corrected chi connectivity index (χ4v) is 3.57. The summed E-state index contributed by atoms with van der Waals surface area (Å²) in [6, 6.07) is 3.50. The average Bonchev–Trinajstić information content (AvgIpc) is 2.75. The van der Waals surface area contributed by atoms with E-state index in [9.17, 15) is 8.78 Å². The lowest BCUT2D eigenvalue weighted by Crippen LogP contribution is -2.24. The zero-order chi connectivity index (χ0) is 15.1. The van der Waals surface area contributed by atoms with Gasteiger partial charge in [0.2, 0.25) is 0 Å². The Kier molecular flexibility index (Phi) is 3.73. The summed E-state index contributed by atoms with van der Waals surface area (Å²) >= 11 is 3.57. The zero-order valence-electron chi connectivity index (χ0n) is 11.8. The summed E-state index contributed by atoms with van der Waals surface area (Å²) in [5.74, 6) is 0.0320. The minimum Gasteiger partial charge on any atom is -0.369 e. The van der Waals surface area contributed by atoms with Gasteiger partial charge in [0.25, 0.3) is 0 Å². The maximum Gasteiger partial charge on any atom is 0.139 e. The van der Waals surface area contributed by atoms with Crippen LogP contribution in [0.5, 0.6) is 0 Å². The SMILES string of the molecule is CC(C)c1nn2c(c1Br)NCCC2c1cc(F)cc(F)c1. The van der Waals surface area contributed by atoms with Crippen molar-refractivity contribution in [2.24, 2.45) is 0 Å². The number of nitrogens with one attached hydrogen (secondary N) is 1. The van der Waals surface area contributed by atoms with Crippen molar-refractivity contribution in [1.29, 1.82) is 0 Å². The monoisotopic (exact) mass is 355 g/mol. The van der Waals surface area contributed by atoms with Gasteiger partial charge in [-0.15, -0.1) is 0 Å². The van der Waals surface area contributed by atoms with Crippen molar-refractivity contribution in [2.75, 3.05) is 11.9 Å². The van der Waals surface area contributed by atoms with Crippen LogP contribution in [0.3, 0.4) is 0 Å². The van der Waals surface area contributed by atoms with Crippen molar-refractivity contribution in [1.82, 2.24) is 9.78 Å². The Bertz CT molecular complexity index is 662. The number of nitrogens with zero attached hydrogens (tertiary/aromatic N) is 2. The highest BCUT2D eigenvalue weighted by Gasteiger charge is 2.28. The smallest absolute Gasteiger partial charge is 0.139 e. The third kappa shape index (κ3) is 2.57. The molecule has 1 aromatic heterocycles. The van der Waals surface area contributed by atoms with Gasteiger partial charge in [-0.05, 0) is 46.0 Å². The van der Waals surface area contributed by atoms with Crippen LogP contribution in [0.2, 0.25) is 0 Å². The number of hydrogen-bond acceptors (Lipinski definition) is 2. The Labute approximate surface area is 130 Å². The van der Waals surface area contributed by atoms with E-state index in [2.05, 4.69) is 40.2 Å². The Morgan fingerprint density at radius 2 is 1.95 bits per heavy atom. The van der Waals surface area contributed by atoms with Gasteiger partial charge in [0, 0.05) is 12.6 Å². The molecule has 2 aromatic rings. The molecule has 0 fully saturated rings. The number of benzene rings is 1. The molecule has 112 valence electrons. The lowest BCUT2D eigenvalue weighted by Gasteiger charge is -2.26. The molecule has 0 spiro atoms. The summed E-state index contributed by atoms with van der Waals surface area (Å²) in [6.07, 6.45) is 0.738. The maximum atomic E-state index is 13.5. The van der Waals surface area contributed by atoms with E-state index >= 15 is 0 Å². The molecule has 3 nitrogen and oxygen atoms in total. The van der Waals surface area contributed by atoms with Gasteiger partial charge in [-0.2, -0.15) is 5.10 Å². The minimum absolute atomic E-state index is 0.157. The molecule has 1 aromatic carbocycles. The van der Waals surface area contributed by atoms with Crippen LogP contribution in [0.25, 0.3) is 0 Å². The molecule has 0 saturated heterocycles. The lowest BCUT2D eigenvalue weighted by atomic mass is 10.0. The third-order valence-electron chi connectivity index (χ3n) is 3.70. The number of fused-ring (bicyclic) bond motifs is 1. The molecule has 1 unspecified atom stereocenters. The molecule has 2 heterocycles. The molecule has 0 aliphatic carbocycles. The van der Waals surface area contributed by atoms with Crippen molar-refractivity contribution in [2.45, 2.75) is 32.2 Å². The maximum absolute atomic E-state index is 13.5. The van der Waals surface area contributed by atoms with Gasteiger partial charge in [0.15, 0.2) is 0 Å². The quantitative estimate of drug-likeness (QED) is 0.862. The fraction of sp³-hybridized carbons (Fsp3) is 0.400. The van der Waals surface area contributed by atoms with E-state index in [1.807, 2.05) is 4.68 Å². The van der Waals surface area contributed by atoms with Gasteiger partial charge in [-0.1, -0.05) is 13.8 Å². The van der Waals surface area contributed by atoms with E-state index < -0.39 is 11.6 Å². The molecular weight excluding hydrogens is 340 g/mol. The van der Waals surface area contributed by atoms with Gasteiger partial charge in [-0.25, -0.2) is 13.5 Å². The van der Waals surface area contributed by atoms with Crippen LogP contribution in [0.15, 0.2) is 22.7 Å². The van der Waals surface area contributed by atoms with E-state index in [0.717, 1.165) is 35.0 Å². The molecule has 0 radical (unpaired) electrons. The first-order chi connectivity index (χ1) is 9.97. The molecule has 0 saturated carbocycles. The first-order valence-corrected chi connectivity index (χ1v) is 7.74. The summed E-state index contributed by atoms with van der Waals surface area (Å²) in [6.45, 7) is 4.87. The number of rotatable bonds is 2. The first kappa shape index (κ1) is 14.5. The standard InChI is InChI=1S/C15H16BrF2N3/c1-8(2)14-13(16)15-19-4-3-12(21(15)20-14)9-5-10(17)7-11(18)6-9/h5-8,12,19H,3-4H2,1-2H3. The van der Waals surface area contributed by atoms with Gasteiger partial charge in [-0.3, -0.25) is 0 Å². The van der Waals surface area contributed by atoms with Crippen molar-refractivity contribution in [3.8, 4) is 0 Å². The number of anilines is 1. The molecule has 21 heavy (non-hydrogen) atoms. The summed E-state index contributed by atoms with van der Waals surface area (Å²) in [5.41, 5.74) is 1.56. The van der Waals surface area contributed by atoms with Crippen LogP contribution >= 0.6 is 15.9 Å². The predicted molar refractivity (Wildman–Crippen MR) is 81.6 cm³/mol. The molecule has 6 heteroatoms. The van der Waals surface area contributed by atoms with Gasteiger partial charge >= 0.3 is 0 Å². The van der Waals surface area contributed by atoms with Crippen molar-refractivity contribution >= 4 is 21.7 Å². The largest absolute Gasteiger partial charge is 0.369 e. The number of halogens is 3. The van der Waals surface area contributed by atoms with Gasteiger partial charge in [0.05, 0.1) is 16.2 Å². The third-order valence-corrected chi connectivity index (χ3v) is 4.48. The first-order valence-electron chi connectivity index (χ1n) is 6.95. The number of aromatic nitrogens is 2. The normalized spacial score (nSPS) is 17.7. The zero-order valence-corrected chi connectivity index (χ0v) is 13.4. The summed E-state index contributed by atoms with van der Waals surface area (Å²) < 4.78 is 29.7. The van der Waals surface area contributed by atoms with E-state index in [1.165, 1.54) is 12.1 Å². The van der Waals surface area contributed by atoms with Crippen LogP contribution in [0.1, 0.15) is 43.5 Å². The van der Waals surface area contributed by atoms with E-state index in [0.29, 0.717) is 5.56 Å². The van der Waals surface area contributed by atoms with Gasteiger partial charge in [0.1, 0.15) is 17.5 Å². The van der Waals surface area contributed by atoms with Gasteiger partial charge < -0.3 is 5.32 Å². The van der Waals surface area contributed by atoms with Crippen molar-refractivity contribution < 1.29 is 8.78 Å². The van der Waals surface area contributed by atoms with Crippen LogP contribution < -0.4 is 5.32 Å².